The lowest BCUT2D eigenvalue weighted by molar-refractivity contribution is -0.239. The second kappa shape index (κ2) is 5.33. The lowest BCUT2D eigenvalue weighted by Crippen LogP contribution is -2.63. The van der Waals surface area contributed by atoms with Gasteiger partial charge in [-0.1, -0.05) is 0 Å². The number of hydrogen-bond donors (Lipinski definition) is 2. The summed E-state index contributed by atoms with van der Waals surface area (Å²) in [6, 6.07) is 0. The topological polar surface area (TPSA) is 110 Å². The first kappa shape index (κ1) is 18.0. The van der Waals surface area contributed by atoms with E-state index in [-0.39, 0.29) is 23.9 Å². The van der Waals surface area contributed by atoms with Crippen molar-refractivity contribution in [1.82, 2.24) is 0 Å². The molecule has 10 heteroatoms. The maximum atomic E-state index is 13.4. The number of carbonyl (C=O) groups excluding carboxylic acids is 1. The fourth-order valence-corrected chi connectivity index (χ4v) is 5.37. The van der Waals surface area contributed by atoms with Crippen LogP contribution < -0.4 is 0 Å². The first-order chi connectivity index (χ1) is 11.0. The van der Waals surface area contributed by atoms with Crippen molar-refractivity contribution in [1.29, 1.82) is 0 Å². The zero-order valence-corrected chi connectivity index (χ0v) is 13.9. The number of ether oxygens (including phenoxy) is 2. The van der Waals surface area contributed by atoms with Crippen molar-refractivity contribution in [3.63, 3.8) is 0 Å². The second-order valence-corrected chi connectivity index (χ2v) is 8.88. The molecule has 0 heterocycles. The number of rotatable bonds is 5. The van der Waals surface area contributed by atoms with E-state index in [0.717, 1.165) is 0 Å². The van der Waals surface area contributed by atoms with Crippen LogP contribution in [-0.2, 0) is 24.4 Å². The summed E-state index contributed by atoms with van der Waals surface area (Å²) in [5, 5.41) is 4.76. The first-order valence-electron chi connectivity index (χ1n) is 7.70. The zero-order valence-electron chi connectivity index (χ0n) is 13.1. The van der Waals surface area contributed by atoms with Crippen LogP contribution in [0.1, 0.15) is 32.1 Å². The number of hydrogen-bond acceptors (Lipinski definition) is 6. The molecule has 4 fully saturated rings. The molecule has 0 aliphatic heterocycles. The smallest absolute Gasteiger partial charge is 0.456 e. The molecule has 0 saturated heterocycles. The minimum absolute atomic E-state index is 0.0625. The highest BCUT2D eigenvalue weighted by Gasteiger charge is 2.64. The van der Waals surface area contributed by atoms with Gasteiger partial charge in [-0.25, -0.2) is 4.79 Å². The van der Waals surface area contributed by atoms with Gasteiger partial charge in [0.05, 0.1) is 5.60 Å². The molecule has 2 unspecified atom stereocenters. The molecule has 0 amide bonds. The molecule has 0 aromatic rings. The molecule has 4 aliphatic carbocycles. The Kier molecular flexibility index (Phi) is 3.99. The van der Waals surface area contributed by atoms with Crippen molar-refractivity contribution in [3.8, 4) is 0 Å². The van der Waals surface area contributed by atoms with Crippen LogP contribution in [-0.4, -0.2) is 54.7 Å². The zero-order chi connectivity index (χ0) is 18.0. The summed E-state index contributed by atoms with van der Waals surface area (Å²) in [6.45, 7) is -0.0625. The van der Waals surface area contributed by atoms with Crippen LogP contribution in [0.3, 0.4) is 0 Å². The molecular weight excluding hydrogens is 350 g/mol. The minimum Gasteiger partial charge on any atom is -0.456 e. The van der Waals surface area contributed by atoms with E-state index < -0.39 is 33.0 Å². The molecule has 24 heavy (non-hydrogen) atoms. The predicted octanol–water partition coefficient (Wildman–Crippen LogP) is 0.966. The minimum atomic E-state index is -5.88. The number of esters is 1. The van der Waals surface area contributed by atoms with Crippen molar-refractivity contribution >= 4 is 16.1 Å². The van der Waals surface area contributed by atoms with Crippen LogP contribution in [0.5, 0.6) is 0 Å². The van der Waals surface area contributed by atoms with Gasteiger partial charge >= 0.3 is 21.3 Å². The third-order valence-electron chi connectivity index (χ3n) is 5.86. The lowest BCUT2D eigenvalue weighted by atomic mass is 9.47. The number of aliphatic hydroxyl groups is 1. The number of aliphatic hydroxyl groups excluding tert-OH is 1. The van der Waals surface area contributed by atoms with Crippen LogP contribution in [0.25, 0.3) is 0 Å². The monoisotopic (exact) mass is 370 g/mol. The Hall–Kier alpha value is -0.840. The third-order valence-corrected chi connectivity index (χ3v) is 6.67. The van der Waals surface area contributed by atoms with Crippen LogP contribution in [0.4, 0.5) is 8.78 Å². The lowest BCUT2D eigenvalue weighted by Gasteiger charge is -2.63. The average molecular weight is 370 g/mol. The molecule has 4 aliphatic rings. The number of carbonyl (C=O) groups is 1. The van der Waals surface area contributed by atoms with Crippen LogP contribution >= 0.6 is 0 Å². The largest absolute Gasteiger partial charge is 0.465 e. The number of methoxy groups -OCH3 is 1. The molecule has 2 atom stereocenters. The van der Waals surface area contributed by atoms with Gasteiger partial charge < -0.3 is 14.6 Å². The molecular formula is C14H20F2O7S. The van der Waals surface area contributed by atoms with Gasteiger partial charge in [-0.15, -0.1) is 0 Å². The van der Waals surface area contributed by atoms with E-state index in [0.29, 0.717) is 32.1 Å². The normalized spacial score (nSPS) is 41.5. The highest BCUT2D eigenvalue weighted by atomic mass is 32.2. The van der Waals surface area contributed by atoms with Crippen LogP contribution in [0.15, 0.2) is 0 Å². The molecule has 138 valence electrons. The van der Waals surface area contributed by atoms with E-state index >= 15 is 0 Å². The van der Waals surface area contributed by atoms with E-state index in [1.807, 2.05) is 0 Å². The molecule has 7 nitrogen and oxygen atoms in total. The molecule has 0 spiro atoms. The summed E-state index contributed by atoms with van der Waals surface area (Å²) in [5.74, 6) is -2.84. The van der Waals surface area contributed by atoms with Gasteiger partial charge in [-0.3, -0.25) is 4.55 Å². The van der Waals surface area contributed by atoms with Gasteiger partial charge in [0.2, 0.25) is 0 Å². The second-order valence-electron chi connectivity index (χ2n) is 7.42. The molecule has 0 radical (unpaired) electrons. The van der Waals surface area contributed by atoms with Crippen LogP contribution in [0, 0.1) is 17.3 Å². The Morgan fingerprint density at radius 1 is 1.25 bits per heavy atom. The molecule has 0 aromatic heterocycles. The third kappa shape index (κ3) is 2.54. The Bertz CT molecular complexity index is 610. The highest BCUT2D eigenvalue weighted by molar-refractivity contribution is 7.87. The summed E-state index contributed by atoms with van der Waals surface area (Å²) < 4.78 is 67.2. The number of alkyl halides is 2. The SMILES string of the molecule is COC12CC3CC(CO)(CC(C1)C3OC(=O)C(F)(F)S(=O)(=O)O)C2. The quantitative estimate of drug-likeness (QED) is 0.548. The summed E-state index contributed by atoms with van der Waals surface area (Å²) in [4.78, 5) is 11.6. The van der Waals surface area contributed by atoms with Gasteiger partial charge in [0, 0.05) is 13.7 Å². The Labute approximate surface area is 138 Å². The summed E-state index contributed by atoms with van der Waals surface area (Å²) in [5.41, 5.74) is -0.848. The number of halogens is 2. The molecule has 0 aromatic carbocycles. The van der Waals surface area contributed by atoms with E-state index in [1.165, 1.54) is 0 Å². The van der Waals surface area contributed by atoms with Crippen molar-refractivity contribution < 1.29 is 41.1 Å². The van der Waals surface area contributed by atoms with Crippen molar-refractivity contribution in [2.24, 2.45) is 17.3 Å². The Morgan fingerprint density at radius 2 is 1.79 bits per heavy atom. The fourth-order valence-electron chi connectivity index (χ4n) is 5.11. The summed E-state index contributed by atoms with van der Waals surface area (Å²) in [7, 11) is -4.32. The fraction of sp³-hybridized carbons (Fsp3) is 0.929. The standard InChI is InChI=1S/C14H20F2O7S/c1-22-13-4-8-2-12(6-13,7-17)3-9(5-13)10(8)23-11(18)14(15,16)24(19,20)21/h8-10,17H,2-7H2,1H3,(H,19,20,21). The van der Waals surface area contributed by atoms with E-state index in [2.05, 4.69) is 0 Å². The van der Waals surface area contributed by atoms with Crippen molar-refractivity contribution in [3.05, 3.63) is 0 Å². The first-order valence-corrected chi connectivity index (χ1v) is 9.14. The van der Waals surface area contributed by atoms with Gasteiger partial charge in [-0.2, -0.15) is 17.2 Å². The van der Waals surface area contributed by atoms with Gasteiger partial charge in [0.1, 0.15) is 6.10 Å². The van der Waals surface area contributed by atoms with Gasteiger partial charge in [0.25, 0.3) is 0 Å². The molecule has 2 N–H and O–H groups in total. The maximum absolute atomic E-state index is 13.4. The van der Waals surface area contributed by atoms with E-state index in [1.54, 1.807) is 7.11 Å². The van der Waals surface area contributed by atoms with Gasteiger partial charge in [0.15, 0.2) is 0 Å². The molecule has 4 saturated carbocycles. The predicted molar refractivity (Wildman–Crippen MR) is 75.7 cm³/mol. The Morgan fingerprint density at radius 3 is 2.21 bits per heavy atom. The maximum Gasteiger partial charge on any atom is 0.465 e. The summed E-state index contributed by atoms with van der Waals surface area (Å²) in [6.07, 6.45) is 1.80. The average Bonchev–Trinajstić information content (AvgIpc) is 2.49. The van der Waals surface area contributed by atoms with Crippen molar-refractivity contribution in [2.75, 3.05) is 13.7 Å². The highest BCUT2D eigenvalue weighted by Crippen LogP contribution is 2.63. The van der Waals surface area contributed by atoms with E-state index in [9.17, 15) is 27.1 Å². The Balaban J connectivity index is 1.82. The van der Waals surface area contributed by atoms with Crippen molar-refractivity contribution in [2.45, 2.75) is 49.1 Å². The van der Waals surface area contributed by atoms with Crippen LogP contribution in [0.2, 0.25) is 0 Å². The van der Waals surface area contributed by atoms with Gasteiger partial charge in [-0.05, 0) is 49.4 Å². The molecule has 4 rings (SSSR count). The van der Waals surface area contributed by atoms with E-state index in [4.69, 9.17) is 14.0 Å². The molecule has 4 bridgehead atoms. The summed E-state index contributed by atoms with van der Waals surface area (Å²) >= 11 is 0.